The molecule has 1 aliphatic rings. The van der Waals surface area contributed by atoms with Crippen molar-refractivity contribution in [1.29, 1.82) is 0 Å². The highest BCUT2D eigenvalue weighted by Crippen LogP contribution is 2.33. The standard InChI is InChI=1S/C28H31N3O5/c1-19-7-8-22(16-20(19)2)24-17-25(26-6-5-14-36-26)31(29-24)27(32)18-30(13-15-34-3)28(33)21-9-11-23(35-4)12-10-21/h5-12,14,16,25H,13,15,17-18H2,1-4H3/t25-/m0/s1. The number of hydrogen-bond acceptors (Lipinski definition) is 6. The zero-order valence-corrected chi connectivity index (χ0v) is 21.1. The lowest BCUT2D eigenvalue weighted by Crippen LogP contribution is -2.42. The van der Waals surface area contributed by atoms with Gasteiger partial charge in [0.1, 0.15) is 24.1 Å². The van der Waals surface area contributed by atoms with E-state index >= 15 is 0 Å². The Kier molecular flexibility index (Phi) is 7.85. The van der Waals surface area contributed by atoms with Gasteiger partial charge >= 0.3 is 0 Å². The van der Waals surface area contributed by atoms with E-state index in [0.717, 1.165) is 16.8 Å². The molecule has 0 fully saturated rings. The maximum Gasteiger partial charge on any atom is 0.262 e. The number of methoxy groups -OCH3 is 2. The highest BCUT2D eigenvalue weighted by atomic mass is 16.5. The lowest BCUT2D eigenvalue weighted by atomic mass is 9.99. The zero-order chi connectivity index (χ0) is 25.7. The lowest BCUT2D eigenvalue weighted by molar-refractivity contribution is -0.134. The van der Waals surface area contributed by atoms with Crippen LogP contribution in [0, 0.1) is 13.8 Å². The fourth-order valence-corrected chi connectivity index (χ4v) is 4.14. The summed E-state index contributed by atoms with van der Waals surface area (Å²) in [5, 5.41) is 6.16. The molecule has 0 N–H and O–H groups in total. The monoisotopic (exact) mass is 489 g/mol. The van der Waals surface area contributed by atoms with Crippen LogP contribution >= 0.6 is 0 Å². The smallest absolute Gasteiger partial charge is 0.262 e. The fraction of sp³-hybridized carbons (Fsp3) is 0.321. The van der Waals surface area contributed by atoms with Gasteiger partial charge in [0.05, 0.1) is 25.7 Å². The Morgan fingerprint density at radius 3 is 2.50 bits per heavy atom. The fourth-order valence-electron chi connectivity index (χ4n) is 4.14. The summed E-state index contributed by atoms with van der Waals surface area (Å²) in [6.07, 6.45) is 2.11. The van der Waals surface area contributed by atoms with Gasteiger partial charge in [-0.1, -0.05) is 12.1 Å². The van der Waals surface area contributed by atoms with Crippen molar-refractivity contribution in [3.63, 3.8) is 0 Å². The summed E-state index contributed by atoms with van der Waals surface area (Å²) >= 11 is 0. The Balaban J connectivity index is 1.60. The first-order valence-corrected chi connectivity index (χ1v) is 11.8. The summed E-state index contributed by atoms with van der Waals surface area (Å²) in [4.78, 5) is 28.3. The number of benzene rings is 2. The van der Waals surface area contributed by atoms with Gasteiger partial charge in [0, 0.05) is 25.6 Å². The van der Waals surface area contributed by atoms with Crippen LogP contribution in [0.3, 0.4) is 0 Å². The second kappa shape index (κ2) is 11.2. The van der Waals surface area contributed by atoms with Crippen LogP contribution in [0.2, 0.25) is 0 Å². The maximum absolute atomic E-state index is 13.6. The van der Waals surface area contributed by atoms with Gasteiger partial charge in [-0.05, 0) is 73.0 Å². The molecule has 0 aliphatic carbocycles. The molecule has 3 aromatic rings. The zero-order valence-electron chi connectivity index (χ0n) is 21.1. The van der Waals surface area contributed by atoms with Crippen LogP contribution in [0.25, 0.3) is 0 Å². The van der Waals surface area contributed by atoms with Crippen LogP contribution in [0.1, 0.15) is 45.3 Å². The van der Waals surface area contributed by atoms with Crippen LogP contribution in [0.5, 0.6) is 5.75 Å². The molecule has 2 amide bonds. The number of carbonyl (C=O) groups excluding carboxylic acids is 2. The van der Waals surface area contributed by atoms with Gasteiger partial charge in [-0.15, -0.1) is 0 Å². The van der Waals surface area contributed by atoms with Crippen LogP contribution in [0.4, 0.5) is 0 Å². The third-order valence-corrected chi connectivity index (χ3v) is 6.39. The third kappa shape index (κ3) is 5.49. The van der Waals surface area contributed by atoms with Crippen LogP contribution < -0.4 is 4.74 Å². The summed E-state index contributed by atoms with van der Waals surface area (Å²) in [5.41, 5.74) is 4.58. The molecular weight excluding hydrogens is 458 g/mol. The molecule has 0 saturated heterocycles. The van der Waals surface area contributed by atoms with Gasteiger partial charge in [-0.25, -0.2) is 5.01 Å². The van der Waals surface area contributed by atoms with Crippen molar-refractivity contribution in [2.24, 2.45) is 5.10 Å². The molecule has 2 heterocycles. The minimum absolute atomic E-state index is 0.144. The van der Waals surface area contributed by atoms with Crippen molar-refractivity contribution in [2.45, 2.75) is 26.3 Å². The Morgan fingerprint density at radius 2 is 1.86 bits per heavy atom. The molecule has 8 nitrogen and oxygen atoms in total. The SMILES string of the molecule is COCCN(CC(=O)N1N=C(c2ccc(C)c(C)c2)C[C@H]1c1ccco1)C(=O)c1ccc(OC)cc1. The largest absolute Gasteiger partial charge is 0.497 e. The van der Waals surface area contributed by atoms with E-state index in [9.17, 15) is 9.59 Å². The van der Waals surface area contributed by atoms with Gasteiger partial charge in [0.25, 0.3) is 11.8 Å². The first kappa shape index (κ1) is 25.2. The van der Waals surface area contributed by atoms with Gasteiger partial charge in [-0.3, -0.25) is 9.59 Å². The third-order valence-electron chi connectivity index (χ3n) is 6.39. The predicted octanol–water partition coefficient (Wildman–Crippen LogP) is 4.37. The topological polar surface area (TPSA) is 84.6 Å². The first-order valence-electron chi connectivity index (χ1n) is 11.8. The van der Waals surface area contributed by atoms with Gasteiger partial charge in [0.2, 0.25) is 0 Å². The van der Waals surface area contributed by atoms with Gasteiger partial charge < -0.3 is 18.8 Å². The summed E-state index contributed by atoms with van der Waals surface area (Å²) in [6, 6.07) is 16.2. The summed E-state index contributed by atoms with van der Waals surface area (Å²) in [6.45, 7) is 4.54. The van der Waals surface area contributed by atoms with Crippen molar-refractivity contribution in [3.8, 4) is 5.75 Å². The van der Waals surface area contributed by atoms with Crippen molar-refractivity contribution in [1.82, 2.24) is 9.91 Å². The number of ether oxygens (including phenoxy) is 2. The average molecular weight is 490 g/mol. The van der Waals surface area contributed by atoms with E-state index in [2.05, 4.69) is 26.0 Å². The molecule has 0 unspecified atom stereocenters. The van der Waals surface area contributed by atoms with Crippen LogP contribution in [-0.4, -0.2) is 61.4 Å². The van der Waals surface area contributed by atoms with Crippen molar-refractivity contribution < 1.29 is 23.5 Å². The van der Waals surface area contributed by atoms with E-state index in [1.807, 2.05) is 12.1 Å². The highest BCUT2D eigenvalue weighted by molar-refractivity contribution is 6.04. The molecule has 0 saturated carbocycles. The second-order valence-electron chi connectivity index (χ2n) is 8.77. The van der Waals surface area contributed by atoms with Crippen LogP contribution in [-0.2, 0) is 9.53 Å². The number of nitrogens with zero attached hydrogens (tertiary/aromatic N) is 3. The Bertz CT molecular complexity index is 1230. The van der Waals surface area contributed by atoms with Crippen molar-refractivity contribution in [2.75, 3.05) is 33.9 Å². The van der Waals surface area contributed by atoms with E-state index in [-0.39, 0.29) is 30.9 Å². The number of carbonyl (C=O) groups is 2. The van der Waals surface area contributed by atoms with Crippen molar-refractivity contribution in [3.05, 3.63) is 88.9 Å². The van der Waals surface area contributed by atoms with E-state index in [0.29, 0.717) is 30.1 Å². The number of hydrogen-bond donors (Lipinski definition) is 0. The quantitative estimate of drug-likeness (QED) is 0.446. The molecule has 0 spiro atoms. The molecule has 0 radical (unpaired) electrons. The molecule has 1 aromatic heterocycles. The number of rotatable bonds is 9. The van der Waals surface area contributed by atoms with E-state index in [4.69, 9.17) is 19.0 Å². The number of aryl methyl sites for hydroxylation is 2. The average Bonchev–Trinajstić information content (AvgIpc) is 3.58. The first-order chi connectivity index (χ1) is 17.4. The highest BCUT2D eigenvalue weighted by Gasteiger charge is 2.36. The van der Waals surface area contributed by atoms with E-state index in [1.165, 1.54) is 15.5 Å². The van der Waals surface area contributed by atoms with E-state index in [1.54, 1.807) is 50.8 Å². The molecule has 2 aromatic carbocycles. The molecule has 8 heteroatoms. The Hall–Kier alpha value is -3.91. The Labute approximate surface area is 211 Å². The molecule has 0 bridgehead atoms. The van der Waals surface area contributed by atoms with Gasteiger partial charge in [0.15, 0.2) is 0 Å². The number of furan rings is 1. The summed E-state index contributed by atoms with van der Waals surface area (Å²) in [5.74, 6) is 0.733. The molecule has 4 rings (SSSR count). The number of hydrazone groups is 1. The van der Waals surface area contributed by atoms with Gasteiger partial charge in [-0.2, -0.15) is 5.10 Å². The molecular formula is C28H31N3O5. The summed E-state index contributed by atoms with van der Waals surface area (Å²) in [7, 11) is 3.13. The minimum Gasteiger partial charge on any atom is -0.497 e. The lowest BCUT2D eigenvalue weighted by Gasteiger charge is -2.26. The molecule has 1 aliphatic heterocycles. The van der Waals surface area contributed by atoms with Crippen LogP contribution in [0.15, 0.2) is 70.4 Å². The van der Waals surface area contributed by atoms with E-state index < -0.39 is 0 Å². The molecule has 1 atom stereocenters. The normalized spacial score (nSPS) is 15.1. The van der Waals surface area contributed by atoms with Crippen molar-refractivity contribution >= 4 is 17.5 Å². The number of amides is 2. The second-order valence-corrected chi connectivity index (χ2v) is 8.77. The predicted molar refractivity (Wildman–Crippen MR) is 136 cm³/mol. The minimum atomic E-state index is -0.385. The molecule has 36 heavy (non-hydrogen) atoms. The molecule has 188 valence electrons. The Morgan fingerprint density at radius 1 is 1.08 bits per heavy atom. The maximum atomic E-state index is 13.6. The summed E-state index contributed by atoms with van der Waals surface area (Å²) < 4.78 is 16.0.